The van der Waals surface area contributed by atoms with Crippen molar-refractivity contribution < 1.29 is 4.79 Å². The Kier molecular flexibility index (Phi) is 6.69. The van der Waals surface area contributed by atoms with E-state index in [-0.39, 0.29) is 35.5 Å². The summed E-state index contributed by atoms with van der Waals surface area (Å²) in [6.45, 7) is 6.19. The van der Waals surface area contributed by atoms with E-state index in [1.807, 2.05) is 26.8 Å². The lowest BCUT2D eigenvalue weighted by molar-refractivity contribution is 0.0876. The Morgan fingerprint density at radius 3 is 2.42 bits per heavy atom. The van der Waals surface area contributed by atoms with Crippen molar-refractivity contribution in [2.75, 3.05) is 6.54 Å². The average molecular weight is 351 g/mol. The summed E-state index contributed by atoms with van der Waals surface area (Å²) in [5, 5.41) is 7.09. The molecule has 1 atom stereocenters. The number of halogens is 1. The van der Waals surface area contributed by atoms with Gasteiger partial charge in [0.25, 0.3) is 11.5 Å². The van der Waals surface area contributed by atoms with Gasteiger partial charge in [0.15, 0.2) is 0 Å². The van der Waals surface area contributed by atoms with Gasteiger partial charge < -0.3 is 11.1 Å². The minimum absolute atomic E-state index is 0. The highest BCUT2D eigenvalue weighted by molar-refractivity contribution is 5.92. The molecule has 7 heteroatoms. The number of rotatable bonds is 5. The first-order valence-corrected chi connectivity index (χ1v) is 7.56. The van der Waals surface area contributed by atoms with Gasteiger partial charge in [-0.25, -0.2) is 0 Å². The van der Waals surface area contributed by atoms with Crippen molar-refractivity contribution in [1.82, 2.24) is 15.1 Å². The number of aromatic nitrogens is 2. The third-order valence-electron chi connectivity index (χ3n) is 4.13. The molecule has 0 saturated heterocycles. The van der Waals surface area contributed by atoms with Crippen LogP contribution in [0, 0.1) is 5.92 Å². The van der Waals surface area contributed by atoms with E-state index in [1.54, 1.807) is 24.3 Å². The Morgan fingerprint density at radius 1 is 1.25 bits per heavy atom. The largest absolute Gasteiger partial charge is 0.344 e. The number of carbonyl (C=O) groups excluding carboxylic acids is 1. The number of amides is 1. The quantitative estimate of drug-likeness (QED) is 0.859. The summed E-state index contributed by atoms with van der Waals surface area (Å²) in [6, 6.07) is 11.7. The Hall–Kier alpha value is -2.18. The predicted octanol–water partition coefficient (Wildman–Crippen LogP) is 1.76. The van der Waals surface area contributed by atoms with Crippen molar-refractivity contribution in [3.8, 4) is 5.69 Å². The summed E-state index contributed by atoms with van der Waals surface area (Å²) in [5.74, 6) is -0.187. The maximum absolute atomic E-state index is 12.5. The average Bonchev–Trinajstić information content (AvgIpc) is 2.55. The van der Waals surface area contributed by atoms with Gasteiger partial charge in [0.1, 0.15) is 5.69 Å². The highest BCUT2D eigenvalue weighted by Gasteiger charge is 2.29. The van der Waals surface area contributed by atoms with E-state index in [1.165, 1.54) is 16.8 Å². The molecule has 0 aliphatic heterocycles. The van der Waals surface area contributed by atoms with Crippen molar-refractivity contribution >= 4 is 18.3 Å². The number of carbonyl (C=O) groups is 1. The lowest BCUT2D eigenvalue weighted by Gasteiger charge is -2.33. The Bertz CT molecular complexity index is 746. The number of benzene rings is 1. The summed E-state index contributed by atoms with van der Waals surface area (Å²) < 4.78 is 1.21. The van der Waals surface area contributed by atoms with E-state index >= 15 is 0 Å². The molecule has 0 aliphatic carbocycles. The molecule has 24 heavy (non-hydrogen) atoms. The van der Waals surface area contributed by atoms with Crippen LogP contribution in [0.15, 0.2) is 47.3 Å². The molecule has 130 valence electrons. The van der Waals surface area contributed by atoms with Crippen molar-refractivity contribution in [1.29, 1.82) is 0 Å². The smallest absolute Gasteiger partial charge is 0.272 e. The summed E-state index contributed by atoms with van der Waals surface area (Å²) in [4.78, 5) is 24.5. The van der Waals surface area contributed by atoms with E-state index in [0.29, 0.717) is 12.2 Å². The minimum Gasteiger partial charge on any atom is -0.344 e. The number of nitrogens with zero attached hydrogens (tertiary/aromatic N) is 2. The summed E-state index contributed by atoms with van der Waals surface area (Å²) >= 11 is 0. The lowest BCUT2D eigenvalue weighted by atomic mass is 9.88. The standard InChI is InChI=1S/C17H22N4O2.ClH/c1-12(2)17(3,11-18)19-16(23)14-9-10-15(22)21(20-14)13-7-5-4-6-8-13;/h4-10,12H,11,18H2,1-3H3,(H,19,23);1H. The first-order valence-electron chi connectivity index (χ1n) is 7.56. The molecule has 6 nitrogen and oxygen atoms in total. The topological polar surface area (TPSA) is 90.0 Å². The van der Waals surface area contributed by atoms with Crippen LogP contribution in [-0.4, -0.2) is 27.8 Å². The van der Waals surface area contributed by atoms with Crippen molar-refractivity contribution in [2.45, 2.75) is 26.3 Å². The van der Waals surface area contributed by atoms with Gasteiger partial charge in [0.05, 0.1) is 11.2 Å². The van der Waals surface area contributed by atoms with Crippen molar-refractivity contribution in [2.24, 2.45) is 11.7 Å². The Labute approximate surface area is 147 Å². The van der Waals surface area contributed by atoms with E-state index in [0.717, 1.165) is 0 Å². The van der Waals surface area contributed by atoms with Gasteiger partial charge >= 0.3 is 0 Å². The van der Waals surface area contributed by atoms with Gasteiger partial charge in [0, 0.05) is 12.6 Å². The third-order valence-corrected chi connectivity index (χ3v) is 4.13. The summed E-state index contributed by atoms with van der Waals surface area (Å²) in [6.07, 6.45) is 0. The highest BCUT2D eigenvalue weighted by atomic mass is 35.5. The van der Waals surface area contributed by atoms with Crippen LogP contribution in [0.2, 0.25) is 0 Å². The van der Waals surface area contributed by atoms with Gasteiger partial charge in [0.2, 0.25) is 0 Å². The van der Waals surface area contributed by atoms with Gasteiger partial charge in [-0.2, -0.15) is 9.78 Å². The Balaban J connectivity index is 0.00000288. The fourth-order valence-electron chi connectivity index (χ4n) is 2.04. The molecule has 2 aromatic rings. The van der Waals surface area contributed by atoms with Crippen LogP contribution in [0.4, 0.5) is 0 Å². The number of hydrogen-bond donors (Lipinski definition) is 2. The molecule has 0 aliphatic rings. The van der Waals surface area contributed by atoms with Gasteiger partial charge in [-0.1, -0.05) is 32.0 Å². The van der Waals surface area contributed by atoms with E-state index < -0.39 is 5.54 Å². The van der Waals surface area contributed by atoms with Gasteiger partial charge in [-0.3, -0.25) is 9.59 Å². The maximum Gasteiger partial charge on any atom is 0.272 e. The second-order valence-electron chi connectivity index (χ2n) is 6.03. The van der Waals surface area contributed by atoms with Gasteiger partial charge in [-0.05, 0) is 31.0 Å². The molecule has 1 aromatic heterocycles. The second kappa shape index (κ2) is 8.08. The summed E-state index contributed by atoms with van der Waals surface area (Å²) in [7, 11) is 0. The van der Waals surface area contributed by atoms with E-state index in [2.05, 4.69) is 10.4 Å². The highest BCUT2D eigenvalue weighted by Crippen LogP contribution is 2.15. The van der Waals surface area contributed by atoms with Crippen LogP contribution in [0.3, 0.4) is 0 Å². The zero-order chi connectivity index (χ0) is 17.0. The number of nitrogens with two attached hydrogens (primary N) is 1. The molecular weight excluding hydrogens is 328 g/mol. The van der Waals surface area contributed by atoms with Crippen molar-refractivity contribution in [3.05, 3.63) is 58.5 Å². The summed E-state index contributed by atoms with van der Waals surface area (Å²) in [5.41, 5.74) is 5.74. The molecule has 0 saturated carbocycles. The molecule has 0 radical (unpaired) electrons. The Morgan fingerprint density at radius 2 is 1.88 bits per heavy atom. The SMILES string of the molecule is CC(C)C(C)(CN)NC(=O)c1ccc(=O)n(-c2ccccc2)n1.Cl. The third kappa shape index (κ3) is 4.21. The fraction of sp³-hybridized carbons (Fsp3) is 0.353. The molecule has 0 bridgehead atoms. The van der Waals surface area contributed by atoms with Crippen LogP contribution in [-0.2, 0) is 0 Å². The number of para-hydroxylation sites is 1. The van der Waals surface area contributed by atoms with E-state index in [4.69, 9.17) is 5.73 Å². The second-order valence-corrected chi connectivity index (χ2v) is 6.03. The first-order chi connectivity index (χ1) is 10.9. The maximum atomic E-state index is 12.5. The van der Waals surface area contributed by atoms with Crippen LogP contribution < -0.4 is 16.6 Å². The lowest BCUT2D eigenvalue weighted by Crippen LogP contribution is -2.55. The zero-order valence-corrected chi connectivity index (χ0v) is 14.8. The number of hydrogen-bond acceptors (Lipinski definition) is 4. The normalized spacial score (nSPS) is 13.0. The molecule has 1 amide bonds. The van der Waals surface area contributed by atoms with E-state index in [9.17, 15) is 9.59 Å². The van der Waals surface area contributed by atoms with Crippen LogP contribution >= 0.6 is 12.4 Å². The molecule has 1 heterocycles. The molecular formula is C17H23ClN4O2. The van der Waals surface area contributed by atoms with Crippen molar-refractivity contribution in [3.63, 3.8) is 0 Å². The molecule has 1 unspecified atom stereocenters. The fourth-order valence-corrected chi connectivity index (χ4v) is 2.04. The van der Waals surface area contributed by atoms with Gasteiger partial charge in [-0.15, -0.1) is 12.4 Å². The number of nitrogens with one attached hydrogen (secondary N) is 1. The zero-order valence-electron chi connectivity index (χ0n) is 14.0. The molecule has 0 fully saturated rings. The van der Waals surface area contributed by atoms with Crippen LogP contribution in [0.1, 0.15) is 31.3 Å². The molecule has 0 spiro atoms. The molecule has 1 aromatic carbocycles. The minimum atomic E-state index is -0.535. The first kappa shape index (κ1) is 19.9. The van der Waals surface area contributed by atoms with Crippen LogP contribution in [0.5, 0.6) is 0 Å². The predicted molar refractivity (Wildman–Crippen MR) is 96.8 cm³/mol. The monoisotopic (exact) mass is 350 g/mol. The molecule has 2 rings (SSSR count). The van der Waals surface area contributed by atoms with Crippen LogP contribution in [0.25, 0.3) is 5.69 Å². The molecule has 3 N–H and O–H groups in total.